The third-order valence-corrected chi connectivity index (χ3v) is 5.26. The van der Waals surface area contributed by atoms with Crippen LogP contribution in [0.15, 0.2) is 94.6 Å². The number of esters is 1. The molecule has 0 radical (unpaired) electrons. The number of nitrogens with one attached hydrogen (secondary N) is 2. The Labute approximate surface area is 221 Å². The van der Waals surface area contributed by atoms with E-state index in [2.05, 4.69) is 15.8 Å². The maximum Gasteiger partial charge on any atom is 0.343 e. The van der Waals surface area contributed by atoms with Crippen LogP contribution in [0, 0.1) is 10.1 Å². The Bertz CT molecular complexity index is 1530. The molecule has 0 unspecified atom stereocenters. The molecule has 0 aliphatic heterocycles. The normalized spacial score (nSPS) is 10.6. The van der Waals surface area contributed by atoms with Gasteiger partial charge in [0.15, 0.2) is 5.76 Å². The summed E-state index contributed by atoms with van der Waals surface area (Å²) in [5.74, 6) is -1.53. The molecule has 4 rings (SSSR count). The number of hydrogen-bond acceptors (Lipinski definition) is 9. The Kier molecular flexibility index (Phi) is 8.07. The van der Waals surface area contributed by atoms with Crippen molar-refractivity contribution in [3.63, 3.8) is 0 Å². The summed E-state index contributed by atoms with van der Waals surface area (Å²) in [5, 5.41) is 18.0. The number of furan rings is 1. The van der Waals surface area contributed by atoms with Gasteiger partial charge in [0.1, 0.15) is 5.75 Å². The molecule has 12 heteroatoms. The lowest BCUT2D eigenvalue weighted by molar-refractivity contribution is -0.385. The van der Waals surface area contributed by atoms with Gasteiger partial charge in [0.2, 0.25) is 5.75 Å². The number of carbonyl (C=O) groups excluding carboxylic acids is 3. The first kappa shape index (κ1) is 26.3. The lowest BCUT2D eigenvalue weighted by Crippen LogP contribution is -2.18. The van der Waals surface area contributed by atoms with Crippen LogP contribution in [0.2, 0.25) is 0 Å². The number of nitro benzene ring substituents is 1. The number of hydrazone groups is 1. The molecule has 3 aromatic carbocycles. The molecule has 0 spiro atoms. The number of anilines is 1. The SMILES string of the molecule is COc1ccc(C(=O)Oc2c(/C=N/NC(=O)c3ccc(NC(=O)c4ccco4)cc3)cccc2[N+](=O)[O-])cc1. The lowest BCUT2D eigenvalue weighted by atomic mass is 10.1. The second-order valence-electron chi connectivity index (χ2n) is 7.78. The lowest BCUT2D eigenvalue weighted by Gasteiger charge is -2.09. The highest BCUT2D eigenvalue weighted by atomic mass is 16.6. The molecule has 0 saturated carbocycles. The largest absolute Gasteiger partial charge is 0.497 e. The van der Waals surface area contributed by atoms with Crippen molar-refractivity contribution in [1.29, 1.82) is 0 Å². The van der Waals surface area contributed by atoms with Crippen molar-refractivity contribution in [1.82, 2.24) is 5.43 Å². The summed E-state index contributed by atoms with van der Waals surface area (Å²) >= 11 is 0. The molecule has 0 aliphatic carbocycles. The number of benzene rings is 3. The van der Waals surface area contributed by atoms with E-state index in [0.29, 0.717) is 11.4 Å². The molecule has 0 saturated heterocycles. The number of carbonyl (C=O) groups is 3. The minimum Gasteiger partial charge on any atom is -0.497 e. The van der Waals surface area contributed by atoms with Gasteiger partial charge in [-0.1, -0.05) is 6.07 Å². The van der Waals surface area contributed by atoms with Gasteiger partial charge in [-0.15, -0.1) is 0 Å². The predicted octanol–water partition coefficient (Wildman–Crippen LogP) is 4.43. The maximum absolute atomic E-state index is 12.6. The van der Waals surface area contributed by atoms with Gasteiger partial charge in [-0.3, -0.25) is 19.7 Å². The van der Waals surface area contributed by atoms with Gasteiger partial charge in [0.05, 0.1) is 30.1 Å². The molecule has 2 N–H and O–H groups in total. The van der Waals surface area contributed by atoms with Crippen LogP contribution in [0.4, 0.5) is 11.4 Å². The molecule has 0 aliphatic rings. The Morgan fingerprint density at radius 3 is 2.28 bits per heavy atom. The van der Waals surface area contributed by atoms with Gasteiger partial charge < -0.3 is 19.2 Å². The molecule has 0 atom stereocenters. The Balaban J connectivity index is 1.45. The molecular formula is C27H20N4O8. The van der Waals surface area contributed by atoms with Crippen LogP contribution in [-0.4, -0.2) is 36.0 Å². The quantitative estimate of drug-likeness (QED) is 0.106. The Morgan fingerprint density at radius 1 is 0.923 bits per heavy atom. The highest BCUT2D eigenvalue weighted by Crippen LogP contribution is 2.31. The van der Waals surface area contributed by atoms with Gasteiger partial charge in [-0.2, -0.15) is 5.10 Å². The smallest absolute Gasteiger partial charge is 0.343 e. The fraction of sp³-hybridized carbons (Fsp3) is 0.0370. The van der Waals surface area contributed by atoms with Crippen LogP contribution in [-0.2, 0) is 0 Å². The number of methoxy groups -OCH3 is 1. The number of hydrogen-bond donors (Lipinski definition) is 2. The van der Waals surface area contributed by atoms with E-state index in [0.717, 1.165) is 6.21 Å². The Hall–Kier alpha value is -5.78. The van der Waals surface area contributed by atoms with Gasteiger partial charge in [-0.05, 0) is 66.7 Å². The highest BCUT2D eigenvalue weighted by molar-refractivity contribution is 6.02. The summed E-state index contributed by atoms with van der Waals surface area (Å²) in [6.07, 6.45) is 2.50. The summed E-state index contributed by atoms with van der Waals surface area (Å²) in [6.45, 7) is 0. The standard InChI is InChI=1S/C27H20N4O8/c1-37-21-13-9-18(10-14-21)27(34)39-24-19(4-2-5-22(24)31(35)36)16-28-30-25(32)17-7-11-20(12-8-17)29-26(33)23-6-3-15-38-23/h2-16H,1H3,(H,29,33)(H,30,32)/b28-16+. The average Bonchev–Trinajstić information content (AvgIpc) is 3.49. The molecular weight excluding hydrogens is 508 g/mol. The molecule has 0 bridgehead atoms. The van der Waals surface area contributed by atoms with E-state index in [1.807, 2.05) is 0 Å². The summed E-state index contributed by atoms with van der Waals surface area (Å²) in [7, 11) is 1.48. The molecule has 2 amide bonds. The van der Waals surface area contributed by atoms with Crippen molar-refractivity contribution in [2.24, 2.45) is 5.10 Å². The molecule has 4 aromatic rings. The second-order valence-corrected chi connectivity index (χ2v) is 7.78. The highest BCUT2D eigenvalue weighted by Gasteiger charge is 2.22. The van der Waals surface area contributed by atoms with Crippen molar-refractivity contribution in [2.75, 3.05) is 12.4 Å². The second kappa shape index (κ2) is 12.0. The first-order chi connectivity index (χ1) is 18.9. The van der Waals surface area contributed by atoms with E-state index in [1.165, 1.54) is 74.0 Å². The van der Waals surface area contributed by atoms with Gasteiger partial charge in [-0.25, -0.2) is 10.2 Å². The van der Waals surface area contributed by atoms with Crippen molar-refractivity contribution in [2.45, 2.75) is 0 Å². The number of rotatable bonds is 9. The molecule has 39 heavy (non-hydrogen) atoms. The van der Waals surface area contributed by atoms with E-state index < -0.39 is 28.4 Å². The third kappa shape index (κ3) is 6.51. The number of nitrogens with zero attached hydrogens (tertiary/aromatic N) is 2. The van der Waals surface area contributed by atoms with Crippen molar-refractivity contribution >= 4 is 35.4 Å². The number of amides is 2. The minimum atomic E-state index is -0.829. The van der Waals surface area contributed by atoms with E-state index >= 15 is 0 Å². The third-order valence-electron chi connectivity index (χ3n) is 5.26. The monoisotopic (exact) mass is 528 g/mol. The fourth-order valence-corrected chi connectivity index (χ4v) is 3.31. The van der Waals surface area contributed by atoms with Crippen molar-refractivity contribution in [3.8, 4) is 11.5 Å². The van der Waals surface area contributed by atoms with Crippen LogP contribution in [0.3, 0.4) is 0 Å². The molecule has 12 nitrogen and oxygen atoms in total. The van der Waals surface area contributed by atoms with Crippen molar-refractivity contribution < 1.29 is 33.2 Å². The first-order valence-corrected chi connectivity index (χ1v) is 11.3. The zero-order valence-electron chi connectivity index (χ0n) is 20.3. The number of nitro groups is 1. The molecule has 196 valence electrons. The molecule has 0 fully saturated rings. The van der Waals surface area contributed by atoms with Gasteiger partial charge in [0.25, 0.3) is 11.8 Å². The van der Waals surface area contributed by atoms with E-state index in [1.54, 1.807) is 18.2 Å². The zero-order valence-corrected chi connectivity index (χ0v) is 20.3. The molecule has 1 aromatic heterocycles. The van der Waals surface area contributed by atoms with Crippen LogP contribution < -0.4 is 20.2 Å². The molecule has 1 heterocycles. The van der Waals surface area contributed by atoms with Crippen LogP contribution >= 0.6 is 0 Å². The van der Waals surface area contributed by atoms with Crippen LogP contribution in [0.25, 0.3) is 0 Å². The summed E-state index contributed by atoms with van der Waals surface area (Å²) < 4.78 is 15.4. The zero-order chi connectivity index (χ0) is 27.8. The maximum atomic E-state index is 12.6. The summed E-state index contributed by atoms with van der Waals surface area (Å²) in [6, 6.07) is 19.1. The van der Waals surface area contributed by atoms with E-state index in [4.69, 9.17) is 13.9 Å². The van der Waals surface area contributed by atoms with Crippen LogP contribution in [0.1, 0.15) is 36.8 Å². The first-order valence-electron chi connectivity index (χ1n) is 11.3. The van der Waals surface area contributed by atoms with E-state index in [-0.39, 0.29) is 28.2 Å². The van der Waals surface area contributed by atoms with Gasteiger partial charge in [0, 0.05) is 22.9 Å². The summed E-state index contributed by atoms with van der Waals surface area (Å²) in [5.41, 5.74) is 2.75. The van der Waals surface area contributed by atoms with Crippen LogP contribution in [0.5, 0.6) is 11.5 Å². The summed E-state index contributed by atoms with van der Waals surface area (Å²) in [4.78, 5) is 48.1. The topological polar surface area (TPSA) is 162 Å². The fourth-order valence-electron chi connectivity index (χ4n) is 3.31. The number of para-hydroxylation sites is 1. The number of ether oxygens (including phenoxy) is 2. The minimum absolute atomic E-state index is 0.0855. The van der Waals surface area contributed by atoms with E-state index in [9.17, 15) is 24.5 Å². The average molecular weight is 528 g/mol. The Morgan fingerprint density at radius 2 is 1.64 bits per heavy atom. The predicted molar refractivity (Wildman–Crippen MR) is 139 cm³/mol. The van der Waals surface area contributed by atoms with Crippen molar-refractivity contribution in [3.05, 3.63) is 118 Å². The van der Waals surface area contributed by atoms with Gasteiger partial charge >= 0.3 is 11.7 Å².